The van der Waals surface area contributed by atoms with Crippen molar-refractivity contribution in [1.29, 1.82) is 0 Å². The van der Waals surface area contributed by atoms with Gasteiger partial charge in [0.25, 0.3) is 11.7 Å². The van der Waals surface area contributed by atoms with E-state index < -0.39 is 17.2 Å². The standard InChI is InChI=1S/C8H5BrClF2NO2/c1-15-6-4(8(11)12)3(9)2-13-5(6)7(10)14/h2,8H,1H3. The molecular formula is C8H5BrClF2NO2. The van der Waals surface area contributed by atoms with Crippen molar-refractivity contribution in [3.05, 3.63) is 21.9 Å². The monoisotopic (exact) mass is 299 g/mol. The lowest BCUT2D eigenvalue weighted by Gasteiger charge is -2.11. The first-order chi connectivity index (χ1) is 6.99. The summed E-state index contributed by atoms with van der Waals surface area (Å²) in [6, 6.07) is 0. The zero-order chi connectivity index (χ0) is 11.6. The Morgan fingerprint density at radius 1 is 1.67 bits per heavy atom. The van der Waals surface area contributed by atoms with Crippen molar-refractivity contribution in [2.75, 3.05) is 7.11 Å². The van der Waals surface area contributed by atoms with Crippen molar-refractivity contribution in [1.82, 2.24) is 4.98 Å². The molecule has 0 spiro atoms. The largest absolute Gasteiger partial charge is 0.494 e. The molecule has 0 amide bonds. The minimum atomic E-state index is -2.79. The van der Waals surface area contributed by atoms with Crippen LogP contribution in [0.2, 0.25) is 0 Å². The molecule has 0 saturated heterocycles. The quantitative estimate of drug-likeness (QED) is 0.805. The van der Waals surface area contributed by atoms with Gasteiger partial charge in [-0.15, -0.1) is 0 Å². The van der Waals surface area contributed by atoms with Crippen molar-refractivity contribution < 1.29 is 18.3 Å². The minimum absolute atomic E-state index is 0.0658. The maximum atomic E-state index is 12.6. The number of hydrogen-bond acceptors (Lipinski definition) is 3. The molecule has 0 fully saturated rings. The van der Waals surface area contributed by atoms with Crippen LogP contribution in [-0.2, 0) is 0 Å². The molecular weight excluding hydrogens is 295 g/mol. The van der Waals surface area contributed by atoms with E-state index in [2.05, 4.69) is 20.9 Å². The Hall–Kier alpha value is -0.750. The van der Waals surface area contributed by atoms with Crippen molar-refractivity contribution in [3.63, 3.8) is 0 Å². The first kappa shape index (κ1) is 12.3. The predicted molar refractivity (Wildman–Crippen MR) is 53.6 cm³/mol. The Labute approximate surface area is 97.5 Å². The van der Waals surface area contributed by atoms with Gasteiger partial charge in [0.05, 0.1) is 12.7 Å². The highest BCUT2D eigenvalue weighted by atomic mass is 79.9. The lowest BCUT2D eigenvalue weighted by Crippen LogP contribution is -2.04. The van der Waals surface area contributed by atoms with Crippen LogP contribution in [0, 0.1) is 0 Å². The molecule has 0 aliphatic carbocycles. The molecule has 1 aromatic heterocycles. The number of nitrogens with zero attached hydrogens (tertiary/aromatic N) is 1. The van der Waals surface area contributed by atoms with Gasteiger partial charge in [0.15, 0.2) is 11.4 Å². The van der Waals surface area contributed by atoms with Crippen LogP contribution in [0.4, 0.5) is 8.78 Å². The molecule has 0 aromatic carbocycles. The Bertz CT molecular complexity index is 400. The molecule has 0 saturated carbocycles. The average molecular weight is 300 g/mol. The molecule has 0 bridgehead atoms. The number of halogens is 4. The van der Waals surface area contributed by atoms with Crippen LogP contribution >= 0.6 is 27.5 Å². The van der Waals surface area contributed by atoms with Gasteiger partial charge in [-0.3, -0.25) is 4.79 Å². The first-order valence-corrected chi connectivity index (χ1v) is 4.86. The SMILES string of the molecule is COc1c(C(=O)Cl)ncc(Br)c1C(F)F. The molecule has 82 valence electrons. The summed E-state index contributed by atoms with van der Waals surface area (Å²) in [6.07, 6.45) is -1.70. The summed E-state index contributed by atoms with van der Waals surface area (Å²) in [7, 11) is 1.17. The maximum absolute atomic E-state index is 12.6. The van der Waals surface area contributed by atoms with Crippen molar-refractivity contribution >= 4 is 32.8 Å². The fourth-order valence-corrected chi connectivity index (χ4v) is 1.63. The number of ether oxygens (including phenoxy) is 1. The van der Waals surface area contributed by atoms with E-state index >= 15 is 0 Å². The Morgan fingerprint density at radius 2 is 2.27 bits per heavy atom. The van der Waals surface area contributed by atoms with E-state index in [-0.39, 0.29) is 15.9 Å². The van der Waals surface area contributed by atoms with Crippen molar-refractivity contribution in [3.8, 4) is 5.75 Å². The highest BCUT2D eigenvalue weighted by molar-refractivity contribution is 9.10. The topological polar surface area (TPSA) is 39.2 Å². The Kier molecular flexibility index (Phi) is 3.98. The second kappa shape index (κ2) is 4.85. The number of rotatable bonds is 3. The Morgan fingerprint density at radius 3 is 2.67 bits per heavy atom. The molecule has 0 aliphatic heterocycles. The molecule has 0 unspecified atom stereocenters. The van der Waals surface area contributed by atoms with E-state index in [0.717, 1.165) is 6.20 Å². The third kappa shape index (κ3) is 2.43. The second-order valence-corrected chi connectivity index (χ2v) is 3.67. The van der Waals surface area contributed by atoms with Crippen molar-refractivity contribution in [2.45, 2.75) is 6.43 Å². The number of carbonyl (C=O) groups excluding carboxylic acids is 1. The fraction of sp³-hybridized carbons (Fsp3) is 0.250. The molecule has 0 aliphatic rings. The van der Waals surface area contributed by atoms with Gasteiger partial charge in [-0.2, -0.15) is 0 Å². The van der Waals surface area contributed by atoms with Gasteiger partial charge in [-0.25, -0.2) is 13.8 Å². The molecule has 1 heterocycles. The maximum Gasteiger partial charge on any atom is 0.274 e. The van der Waals surface area contributed by atoms with Gasteiger partial charge >= 0.3 is 0 Å². The molecule has 0 N–H and O–H groups in total. The van der Waals surface area contributed by atoms with Gasteiger partial charge in [-0.1, -0.05) is 0 Å². The van der Waals surface area contributed by atoms with E-state index in [1.165, 1.54) is 7.11 Å². The van der Waals surface area contributed by atoms with E-state index in [1.54, 1.807) is 0 Å². The van der Waals surface area contributed by atoms with Crippen molar-refractivity contribution in [2.24, 2.45) is 0 Å². The van der Waals surface area contributed by atoms with Crippen LogP contribution in [0.3, 0.4) is 0 Å². The normalized spacial score (nSPS) is 10.5. The summed E-state index contributed by atoms with van der Waals surface area (Å²) in [5.74, 6) is -0.306. The molecule has 7 heteroatoms. The van der Waals surface area contributed by atoms with Gasteiger partial charge < -0.3 is 4.74 Å². The van der Waals surface area contributed by atoms with Crippen LogP contribution in [-0.4, -0.2) is 17.3 Å². The van der Waals surface area contributed by atoms with E-state index in [4.69, 9.17) is 16.3 Å². The van der Waals surface area contributed by atoms with Gasteiger partial charge in [-0.05, 0) is 27.5 Å². The van der Waals surface area contributed by atoms with E-state index in [0.29, 0.717) is 0 Å². The van der Waals surface area contributed by atoms with Crippen LogP contribution in [0.15, 0.2) is 10.7 Å². The summed E-state index contributed by atoms with van der Waals surface area (Å²) >= 11 is 8.07. The molecule has 1 rings (SSSR count). The lowest BCUT2D eigenvalue weighted by molar-refractivity contribution is 0.107. The molecule has 0 atom stereocenters. The number of carbonyl (C=O) groups is 1. The van der Waals surface area contributed by atoms with Crippen LogP contribution < -0.4 is 4.74 Å². The fourth-order valence-electron chi connectivity index (χ4n) is 1.04. The second-order valence-electron chi connectivity index (χ2n) is 2.48. The van der Waals surface area contributed by atoms with E-state index in [1.807, 2.05) is 0 Å². The van der Waals surface area contributed by atoms with Gasteiger partial charge in [0.2, 0.25) is 0 Å². The van der Waals surface area contributed by atoms with E-state index in [9.17, 15) is 13.6 Å². The number of alkyl halides is 2. The van der Waals surface area contributed by atoms with Crippen LogP contribution in [0.5, 0.6) is 5.75 Å². The van der Waals surface area contributed by atoms with Crippen LogP contribution in [0.25, 0.3) is 0 Å². The zero-order valence-electron chi connectivity index (χ0n) is 7.43. The molecule has 15 heavy (non-hydrogen) atoms. The first-order valence-electron chi connectivity index (χ1n) is 3.69. The number of hydrogen-bond donors (Lipinski definition) is 0. The lowest BCUT2D eigenvalue weighted by atomic mass is 10.2. The van der Waals surface area contributed by atoms with Gasteiger partial charge in [0.1, 0.15) is 0 Å². The minimum Gasteiger partial charge on any atom is -0.494 e. The summed E-state index contributed by atoms with van der Waals surface area (Å²) in [5.41, 5.74) is -0.755. The number of pyridine rings is 1. The molecule has 3 nitrogen and oxygen atoms in total. The van der Waals surface area contributed by atoms with Crippen LogP contribution in [0.1, 0.15) is 22.5 Å². The highest BCUT2D eigenvalue weighted by Gasteiger charge is 2.24. The number of aromatic nitrogens is 1. The Balaban J connectivity index is 3.47. The predicted octanol–water partition coefficient (Wildman–Crippen LogP) is 3.17. The number of methoxy groups -OCH3 is 1. The summed E-state index contributed by atoms with van der Waals surface area (Å²) in [5, 5.41) is -0.943. The molecule has 1 aromatic rings. The molecule has 0 radical (unpaired) electrons. The highest BCUT2D eigenvalue weighted by Crippen LogP contribution is 2.37. The summed E-state index contributed by atoms with van der Waals surface area (Å²) in [6.45, 7) is 0. The third-order valence-corrected chi connectivity index (χ3v) is 2.44. The summed E-state index contributed by atoms with van der Waals surface area (Å²) < 4.78 is 30.0. The third-order valence-electron chi connectivity index (χ3n) is 1.63. The smallest absolute Gasteiger partial charge is 0.274 e. The van der Waals surface area contributed by atoms with Gasteiger partial charge in [0, 0.05) is 10.7 Å². The zero-order valence-corrected chi connectivity index (χ0v) is 9.77. The summed E-state index contributed by atoms with van der Waals surface area (Å²) in [4.78, 5) is 14.5. The average Bonchev–Trinajstić information content (AvgIpc) is 2.15.